The van der Waals surface area contributed by atoms with Gasteiger partial charge >= 0.3 is 0 Å². The molecule has 2 aliphatic rings. The zero-order valence-corrected chi connectivity index (χ0v) is 7.14. The minimum Gasteiger partial charge on any atom is -0.402 e. The molecule has 1 unspecified atom stereocenters. The van der Waals surface area contributed by atoms with E-state index in [1.165, 1.54) is 31.5 Å². The fourth-order valence-corrected chi connectivity index (χ4v) is 2.26. The van der Waals surface area contributed by atoms with Crippen molar-refractivity contribution in [2.24, 2.45) is 5.73 Å². The molecule has 0 aliphatic carbocycles. The highest BCUT2D eigenvalue weighted by Crippen LogP contribution is 2.28. The maximum absolute atomic E-state index is 5.89. The Labute approximate surface area is 68.1 Å². The van der Waals surface area contributed by atoms with Crippen LogP contribution < -0.4 is 5.73 Å². The summed E-state index contributed by atoms with van der Waals surface area (Å²) in [6.45, 7) is 4.67. The lowest BCUT2D eigenvalue weighted by molar-refractivity contribution is 0.266. The Balaban J connectivity index is 2.23. The molecule has 2 rings (SSSR count). The molecule has 1 fully saturated rings. The van der Waals surface area contributed by atoms with Crippen LogP contribution in [0, 0.1) is 0 Å². The number of nitrogens with two attached hydrogens (primary N) is 1. The quantitative estimate of drug-likeness (QED) is 0.563. The molecule has 0 bridgehead atoms. The summed E-state index contributed by atoms with van der Waals surface area (Å²) in [5, 5.41) is 0. The van der Waals surface area contributed by atoms with Crippen LogP contribution >= 0.6 is 0 Å². The minimum absolute atomic E-state index is 0.698. The Kier molecular flexibility index (Phi) is 1.64. The molecule has 2 heterocycles. The van der Waals surface area contributed by atoms with Crippen LogP contribution in [0.5, 0.6) is 0 Å². The third kappa shape index (κ3) is 1.06. The molecule has 62 valence electrons. The summed E-state index contributed by atoms with van der Waals surface area (Å²) in [6, 6.07) is 0.698. The van der Waals surface area contributed by atoms with Crippen molar-refractivity contribution in [3.63, 3.8) is 0 Å². The molecule has 1 saturated heterocycles. The largest absolute Gasteiger partial charge is 0.402 e. The van der Waals surface area contributed by atoms with Gasteiger partial charge in [0.1, 0.15) is 0 Å². The fraction of sp³-hybridized carbons (Fsp3) is 0.778. The molecule has 0 aromatic rings. The van der Waals surface area contributed by atoms with E-state index >= 15 is 0 Å². The Morgan fingerprint density at radius 2 is 2.27 bits per heavy atom. The first-order chi connectivity index (χ1) is 5.29. The van der Waals surface area contributed by atoms with Crippen LogP contribution in [0.2, 0.25) is 0 Å². The van der Waals surface area contributed by atoms with Crippen molar-refractivity contribution in [3.8, 4) is 0 Å². The third-order valence-corrected chi connectivity index (χ3v) is 3.04. The fourth-order valence-electron chi connectivity index (χ4n) is 2.26. The molecular formula is C9H16N2. The van der Waals surface area contributed by atoms with Crippen LogP contribution in [-0.2, 0) is 0 Å². The first-order valence-electron chi connectivity index (χ1n) is 4.48. The molecule has 2 nitrogen and oxygen atoms in total. The van der Waals surface area contributed by atoms with E-state index in [9.17, 15) is 0 Å². The molecular weight excluding hydrogens is 136 g/mol. The molecule has 2 N–H and O–H groups in total. The minimum atomic E-state index is 0.698. The van der Waals surface area contributed by atoms with Gasteiger partial charge in [0.25, 0.3) is 0 Å². The van der Waals surface area contributed by atoms with E-state index in [2.05, 4.69) is 11.8 Å². The summed E-state index contributed by atoms with van der Waals surface area (Å²) in [5.41, 5.74) is 8.47. The summed E-state index contributed by atoms with van der Waals surface area (Å²) in [6.07, 6.45) is 3.77. The van der Waals surface area contributed by atoms with Crippen molar-refractivity contribution < 1.29 is 0 Å². The van der Waals surface area contributed by atoms with Crippen molar-refractivity contribution in [1.82, 2.24) is 4.90 Å². The smallest absolute Gasteiger partial charge is 0.0325 e. The normalized spacial score (nSPS) is 32.6. The molecule has 0 aromatic carbocycles. The summed E-state index contributed by atoms with van der Waals surface area (Å²) < 4.78 is 0. The van der Waals surface area contributed by atoms with E-state index in [0.29, 0.717) is 6.04 Å². The first-order valence-corrected chi connectivity index (χ1v) is 4.48. The molecule has 11 heavy (non-hydrogen) atoms. The summed E-state index contributed by atoms with van der Waals surface area (Å²) in [4.78, 5) is 2.56. The van der Waals surface area contributed by atoms with Crippen molar-refractivity contribution in [2.45, 2.75) is 32.2 Å². The molecule has 0 amide bonds. The van der Waals surface area contributed by atoms with E-state index < -0.39 is 0 Å². The lowest BCUT2D eigenvalue weighted by Crippen LogP contribution is -2.37. The predicted molar refractivity (Wildman–Crippen MR) is 46.1 cm³/mol. The van der Waals surface area contributed by atoms with Crippen molar-refractivity contribution in [2.75, 3.05) is 13.1 Å². The van der Waals surface area contributed by atoms with Gasteiger partial charge in [-0.2, -0.15) is 0 Å². The van der Waals surface area contributed by atoms with Gasteiger partial charge in [-0.3, -0.25) is 4.90 Å². The molecule has 2 heteroatoms. The number of rotatable bonds is 0. The molecule has 0 saturated carbocycles. The van der Waals surface area contributed by atoms with E-state index in [-0.39, 0.29) is 0 Å². The average Bonchev–Trinajstić information content (AvgIpc) is 2.45. The Hall–Kier alpha value is -0.500. The summed E-state index contributed by atoms with van der Waals surface area (Å²) in [5.74, 6) is 0. The van der Waals surface area contributed by atoms with Crippen LogP contribution in [0.3, 0.4) is 0 Å². The van der Waals surface area contributed by atoms with Gasteiger partial charge < -0.3 is 5.73 Å². The Morgan fingerprint density at radius 3 is 3.09 bits per heavy atom. The molecule has 0 spiro atoms. The maximum Gasteiger partial charge on any atom is 0.0325 e. The van der Waals surface area contributed by atoms with E-state index in [0.717, 1.165) is 12.1 Å². The van der Waals surface area contributed by atoms with Gasteiger partial charge in [-0.05, 0) is 38.3 Å². The lowest BCUT2D eigenvalue weighted by Gasteiger charge is -2.31. The Morgan fingerprint density at radius 1 is 1.45 bits per heavy atom. The number of hydrogen-bond acceptors (Lipinski definition) is 2. The lowest BCUT2D eigenvalue weighted by atomic mass is 9.99. The average molecular weight is 152 g/mol. The third-order valence-electron chi connectivity index (χ3n) is 3.04. The Bertz CT molecular complexity index is 196. The summed E-state index contributed by atoms with van der Waals surface area (Å²) >= 11 is 0. The van der Waals surface area contributed by atoms with Crippen LogP contribution in [0.15, 0.2) is 11.3 Å². The van der Waals surface area contributed by atoms with Crippen molar-refractivity contribution in [3.05, 3.63) is 11.3 Å². The van der Waals surface area contributed by atoms with Gasteiger partial charge in [0.15, 0.2) is 0 Å². The monoisotopic (exact) mass is 152 g/mol. The van der Waals surface area contributed by atoms with Crippen molar-refractivity contribution in [1.29, 1.82) is 0 Å². The number of hydrogen-bond donors (Lipinski definition) is 1. The van der Waals surface area contributed by atoms with E-state index in [4.69, 9.17) is 5.73 Å². The standard InChI is InChI=1S/C9H16N2/c1-7-8(10)4-6-11-5-2-3-9(7)11/h9H,2-6,10H2,1H3. The van der Waals surface area contributed by atoms with Crippen LogP contribution in [0.1, 0.15) is 26.2 Å². The van der Waals surface area contributed by atoms with Crippen LogP contribution in [0.25, 0.3) is 0 Å². The topological polar surface area (TPSA) is 29.3 Å². The highest BCUT2D eigenvalue weighted by molar-refractivity contribution is 5.20. The highest BCUT2D eigenvalue weighted by Gasteiger charge is 2.29. The molecule has 0 radical (unpaired) electrons. The second-order valence-corrected chi connectivity index (χ2v) is 3.65. The van der Waals surface area contributed by atoms with Gasteiger partial charge in [0.2, 0.25) is 0 Å². The maximum atomic E-state index is 5.89. The van der Waals surface area contributed by atoms with E-state index in [1.54, 1.807) is 0 Å². The van der Waals surface area contributed by atoms with Gasteiger partial charge in [0, 0.05) is 18.3 Å². The highest BCUT2D eigenvalue weighted by atomic mass is 15.2. The van der Waals surface area contributed by atoms with Gasteiger partial charge in [-0.15, -0.1) is 0 Å². The zero-order valence-electron chi connectivity index (χ0n) is 7.14. The van der Waals surface area contributed by atoms with Crippen molar-refractivity contribution >= 4 is 0 Å². The van der Waals surface area contributed by atoms with Gasteiger partial charge in [0.05, 0.1) is 0 Å². The second kappa shape index (κ2) is 2.52. The van der Waals surface area contributed by atoms with Gasteiger partial charge in [-0.25, -0.2) is 0 Å². The molecule has 2 aliphatic heterocycles. The number of fused-ring (bicyclic) bond motifs is 1. The van der Waals surface area contributed by atoms with E-state index in [1.807, 2.05) is 0 Å². The second-order valence-electron chi connectivity index (χ2n) is 3.65. The zero-order chi connectivity index (χ0) is 7.84. The predicted octanol–water partition coefficient (Wildman–Crippen LogP) is 1.09. The SMILES string of the molecule is CC1=C(N)CCN2CCCC12. The van der Waals surface area contributed by atoms with Crippen LogP contribution in [-0.4, -0.2) is 24.0 Å². The van der Waals surface area contributed by atoms with Crippen LogP contribution in [0.4, 0.5) is 0 Å². The molecule has 0 aromatic heterocycles. The molecule has 1 atom stereocenters. The summed E-state index contributed by atoms with van der Waals surface area (Å²) in [7, 11) is 0. The van der Waals surface area contributed by atoms with Gasteiger partial charge in [-0.1, -0.05) is 0 Å². The number of nitrogens with zero attached hydrogens (tertiary/aromatic N) is 1. The first kappa shape index (κ1) is 7.17.